The van der Waals surface area contributed by atoms with Crippen LogP contribution in [0.25, 0.3) is 22.3 Å². The molecule has 7 nitrogen and oxygen atoms in total. The van der Waals surface area contributed by atoms with E-state index in [2.05, 4.69) is 0 Å². The molecule has 0 spiro atoms. The number of hydrogen-bond acceptors (Lipinski definition) is 7. The zero-order chi connectivity index (χ0) is 16.0. The fraction of sp³-hybridized carbons (Fsp3) is 0. The van der Waals surface area contributed by atoms with Crippen molar-refractivity contribution >= 4 is 11.0 Å². The normalized spacial score (nSPS) is 10.9. The smallest absolute Gasteiger partial charge is 0.201 e. The number of phenolic OH excluding ortho intramolecular Hbond substituents is 5. The maximum Gasteiger partial charge on any atom is 0.201 e. The average Bonchev–Trinajstić information content (AvgIpc) is 2.43. The molecule has 2 aromatic carbocycles. The number of hydrogen-bond donors (Lipinski definition) is 5. The fourth-order valence-corrected chi connectivity index (χ4v) is 2.16. The number of rotatable bonds is 1. The number of fused-ring (bicyclic) bond motifs is 1. The zero-order valence-corrected chi connectivity index (χ0v) is 10.9. The van der Waals surface area contributed by atoms with Crippen LogP contribution in [0.2, 0.25) is 0 Å². The molecule has 1 heterocycles. The van der Waals surface area contributed by atoms with Gasteiger partial charge in [-0.2, -0.15) is 0 Å². The molecule has 3 aromatic rings. The van der Waals surface area contributed by atoms with Crippen LogP contribution in [0.3, 0.4) is 0 Å². The van der Waals surface area contributed by atoms with Crippen molar-refractivity contribution in [2.75, 3.05) is 0 Å². The molecule has 0 radical (unpaired) electrons. The van der Waals surface area contributed by atoms with Gasteiger partial charge in [-0.25, -0.2) is 0 Å². The zero-order valence-electron chi connectivity index (χ0n) is 10.9. The highest BCUT2D eigenvalue weighted by atomic mass is 16.3. The predicted molar refractivity (Wildman–Crippen MR) is 76.2 cm³/mol. The molecule has 0 amide bonds. The van der Waals surface area contributed by atoms with E-state index in [1.165, 1.54) is 12.1 Å². The Labute approximate surface area is 122 Å². The van der Waals surface area contributed by atoms with Crippen LogP contribution < -0.4 is 5.43 Å². The Hall–Kier alpha value is -3.35. The van der Waals surface area contributed by atoms with Gasteiger partial charge in [0.2, 0.25) is 5.75 Å². The van der Waals surface area contributed by atoms with Crippen molar-refractivity contribution in [3.8, 4) is 40.1 Å². The van der Waals surface area contributed by atoms with Crippen molar-refractivity contribution in [1.82, 2.24) is 0 Å². The Morgan fingerprint density at radius 1 is 0.773 bits per heavy atom. The first-order valence-corrected chi connectivity index (χ1v) is 6.12. The van der Waals surface area contributed by atoms with E-state index < -0.39 is 22.7 Å². The predicted octanol–water partition coefficient (Wildman–Crippen LogP) is 1.99. The van der Waals surface area contributed by atoms with Crippen LogP contribution in [-0.2, 0) is 0 Å². The summed E-state index contributed by atoms with van der Waals surface area (Å²) >= 11 is 0. The van der Waals surface area contributed by atoms with E-state index in [0.29, 0.717) is 0 Å². The van der Waals surface area contributed by atoms with Gasteiger partial charge in [-0.05, 0) is 12.1 Å². The number of benzene rings is 2. The third kappa shape index (κ3) is 2.05. The lowest BCUT2D eigenvalue weighted by molar-refractivity contribution is 0.370. The number of phenols is 5. The molecular weight excluding hydrogens is 292 g/mol. The Morgan fingerprint density at radius 3 is 2.05 bits per heavy atom. The van der Waals surface area contributed by atoms with Crippen molar-refractivity contribution < 1.29 is 29.9 Å². The topological polar surface area (TPSA) is 131 Å². The third-order valence-electron chi connectivity index (χ3n) is 3.13. The minimum absolute atomic E-state index is 0.00758. The molecule has 0 aliphatic heterocycles. The molecule has 0 unspecified atom stereocenters. The van der Waals surface area contributed by atoms with E-state index in [1.54, 1.807) is 0 Å². The van der Waals surface area contributed by atoms with Crippen LogP contribution in [0.15, 0.2) is 39.5 Å². The quantitative estimate of drug-likeness (QED) is 0.434. The van der Waals surface area contributed by atoms with E-state index in [1.807, 2.05) is 0 Å². The third-order valence-corrected chi connectivity index (χ3v) is 3.13. The van der Waals surface area contributed by atoms with Gasteiger partial charge in [-0.1, -0.05) is 0 Å². The molecule has 22 heavy (non-hydrogen) atoms. The summed E-state index contributed by atoms with van der Waals surface area (Å²) in [4.78, 5) is 12.1. The molecular formula is C15H10O7. The second-order valence-electron chi connectivity index (χ2n) is 4.68. The Morgan fingerprint density at radius 2 is 1.41 bits per heavy atom. The van der Waals surface area contributed by atoms with Crippen LogP contribution in [0.4, 0.5) is 0 Å². The van der Waals surface area contributed by atoms with Gasteiger partial charge in [0.05, 0.1) is 0 Å². The highest BCUT2D eigenvalue weighted by Gasteiger charge is 2.17. The van der Waals surface area contributed by atoms with Gasteiger partial charge < -0.3 is 29.9 Å². The van der Waals surface area contributed by atoms with Crippen molar-refractivity contribution in [3.63, 3.8) is 0 Å². The largest absolute Gasteiger partial charge is 0.508 e. The lowest BCUT2D eigenvalue weighted by Gasteiger charge is -2.07. The van der Waals surface area contributed by atoms with Crippen LogP contribution >= 0.6 is 0 Å². The number of aromatic hydroxyl groups is 5. The molecule has 3 rings (SSSR count). The van der Waals surface area contributed by atoms with E-state index in [0.717, 1.165) is 18.2 Å². The van der Waals surface area contributed by atoms with E-state index in [9.17, 15) is 30.3 Å². The van der Waals surface area contributed by atoms with E-state index in [-0.39, 0.29) is 33.8 Å². The van der Waals surface area contributed by atoms with Gasteiger partial charge in [-0.15, -0.1) is 0 Å². The molecule has 1 aromatic heterocycles. The second kappa shape index (κ2) is 4.59. The lowest BCUT2D eigenvalue weighted by atomic mass is 10.1. The molecule has 112 valence electrons. The van der Waals surface area contributed by atoms with Crippen LogP contribution in [-0.4, -0.2) is 25.5 Å². The molecule has 0 atom stereocenters. The molecule has 0 saturated carbocycles. The first kappa shape index (κ1) is 13.6. The highest BCUT2D eigenvalue weighted by molar-refractivity contribution is 5.89. The summed E-state index contributed by atoms with van der Waals surface area (Å²) in [6, 6.07) is 5.66. The fourth-order valence-electron chi connectivity index (χ4n) is 2.16. The van der Waals surface area contributed by atoms with Crippen molar-refractivity contribution in [3.05, 3.63) is 40.6 Å². The Bertz CT molecular complexity index is 936. The molecule has 7 heteroatoms. The molecule has 5 N–H and O–H groups in total. The lowest BCUT2D eigenvalue weighted by Crippen LogP contribution is -2.01. The first-order valence-electron chi connectivity index (χ1n) is 6.12. The first-order chi connectivity index (χ1) is 10.4. The highest BCUT2D eigenvalue weighted by Crippen LogP contribution is 2.40. The van der Waals surface area contributed by atoms with Crippen molar-refractivity contribution in [2.45, 2.75) is 0 Å². The summed E-state index contributed by atoms with van der Waals surface area (Å²) in [5.41, 5.74) is -0.589. The summed E-state index contributed by atoms with van der Waals surface area (Å²) in [6.07, 6.45) is 0. The Balaban J connectivity index is 2.34. The molecule has 0 fully saturated rings. The molecule has 0 aliphatic rings. The van der Waals surface area contributed by atoms with E-state index >= 15 is 0 Å². The van der Waals surface area contributed by atoms with Crippen LogP contribution in [0, 0.1) is 0 Å². The monoisotopic (exact) mass is 302 g/mol. The van der Waals surface area contributed by atoms with Crippen molar-refractivity contribution in [2.24, 2.45) is 0 Å². The van der Waals surface area contributed by atoms with Gasteiger partial charge in [0.15, 0.2) is 16.9 Å². The van der Waals surface area contributed by atoms with Crippen molar-refractivity contribution in [1.29, 1.82) is 0 Å². The average molecular weight is 302 g/mol. The van der Waals surface area contributed by atoms with E-state index in [4.69, 9.17) is 4.42 Å². The van der Waals surface area contributed by atoms with Gasteiger partial charge in [0.25, 0.3) is 0 Å². The molecule has 0 saturated heterocycles. The van der Waals surface area contributed by atoms with Gasteiger partial charge in [0.1, 0.15) is 28.2 Å². The maximum atomic E-state index is 12.1. The summed E-state index contributed by atoms with van der Waals surface area (Å²) < 4.78 is 5.40. The maximum absolute atomic E-state index is 12.1. The Kier molecular flexibility index (Phi) is 2.84. The van der Waals surface area contributed by atoms with Gasteiger partial charge in [0, 0.05) is 23.8 Å². The van der Waals surface area contributed by atoms with Crippen LogP contribution in [0.1, 0.15) is 0 Å². The van der Waals surface area contributed by atoms with Gasteiger partial charge >= 0.3 is 0 Å². The SMILES string of the molecule is O=c1cc(-c2cc(O)cc(O)c2)oc2cc(O)c(O)c(O)c12. The minimum Gasteiger partial charge on any atom is -0.508 e. The molecule has 0 aliphatic carbocycles. The second-order valence-corrected chi connectivity index (χ2v) is 4.68. The summed E-state index contributed by atoms with van der Waals surface area (Å²) in [5.74, 6) is -2.70. The summed E-state index contributed by atoms with van der Waals surface area (Å²) in [6.45, 7) is 0. The molecule has 0 bridgehead atoms. The summed E-state index contributed by atoms with van der Waals surface area (Å²) in [7, 11) is 0. The minimum atomic E-state index is -0.817. The summed E-state index contributed by atoms with van der Waals surface area (Å²) in [5, 5.41) is 47.3. The standard InChI is InChI=1S/C15H10O7/c16-7-1-6(2-8(17)3-7)11-4-9(18)13-12(22-11)5-10(19)14(20)15(13)21/h1-5,16-17,19-21H. The van der Waals surface area contributed by atoms with Crippen LogP contribution in [0.5, 0.6) is 28.7 Å². The van der Waals surface area contributed by atoms with Gasteiger partial charge in [-0.3, -0.25) is 4.79 Å².